The molecule has 1 atom stereocenters. The Morgan fingerprint density at radius 1 is 1.41 bits per heavy atom. The van der Waals surface area contributed by atoms with Gasteiger partial charge in [-0.25, -0.2) is 12.7 Å². The third kappa shape index (κ3) is 4.63. The van der Waals surface area contributed by atoms with Crippen LogP contribution in [0.3, 0.4) is 0 Å². The van der Waals surface area contributed by atoms with E-state index in [9.17, 15) is 13.2 Å². The van der Waals surface area contributed by atoms with Crippen LogP contribution in [0, 0.1) is 11.3 Å². The van der Waals surface area contributed by atoms with Gasteiger partial charge in [0.15, 0.2) is 0 Å². The third-order valence-electron chi connectivity index (χ3n) is 2.72. The molecule has 1 saturated heterocycles. The molecule has 0 aromatic heterocycles. The molecule has 0 radical (unpaired) electrons. The molecule has 1 aliphatic rings. The fourth-order valence-electron chi connectivity index (χ4n) is 2.10. The first-order valence-corrected chi connectivity index (χ1v) is 7.41. The average Bonchev–Trinajstić information content (AvgIpc) is 2.46. The van der Waals surface area contributed by atoms with E-state index in [0.29, 0.717) is 19.5 Å². The van der Waals surface area contributed by atoms with Crippen molar-refractivity contribution in [2.24, 2.45) is 11.3 Å². The number of sulfonamides is 1. The topological polar surface area (TPSA) is 74.7 Å². The molecule has 1 rings (SSSR count). The van der Waals surface area contributed by atoms with Crippen molar-refractivity contribution in [2.75, 3.05) is 18.8 Å². The number of hydrogen-bond acceptors (Lipinski definition) is 3. The largest absolute Gasteiger partial charge is 0.481 e. The number of hydrogen-bond donors (Lipinski definition) is 1. The first-order valence-electron chi connectivity index (χ1n) is 5.80. The molecule has 1 aliphatic heterocycles. The van der Waals surface area contributed by atoms with Gasteiger partial charge in [0.2, 0.25) is 10.0 Å². The van der Waals surface area contributed by atoms with Gasteiger partial charge in [0, 0.05) is 19.5 Å². The highest BCUT2D eigenvalue weighted by molar-refractivity contribution is 7.89. The second-order valence-electron chi connectivity index (χ2n) is 5.93. The van der Waals surface area contributed by atoms with Crippen molar-refractivity contribution in [1.82, 2.24) is 4.31 Å². The summed E-state index contributed by atoms with van der Waals surface area (Å²) in [6.07, 6.45) is 0.706. The van der Waals surface area contributed by atoms with E-state index in [2.05, 4.69) is 0 Å². The Balaban J connectivity index is 2.61. The van der Waals surface area contributed by atoms with Crippen molar-refractivity contribution in [1.29, 1.82) is 0 Å². The zero-order valence-electron chi connectivity index (χ0n) is 10.6. The summed E-state index contributed by atoms with van der Waals surface area (Å²) in [7, 11) is -3.25. The van der Waals surface area contributed by atoms with Crippen LogP contribution < -0.4 is 0 Å². The monoisotopic (exact) mass is 263 g/mol. The Kier molecular flexibility index (Phi) is 4.19. The second kappa shape index (κ2) is 4.94. The van der Waals surface area contributed by atoms with Gasteiger partial charge in [-0.15, -0.1) is 0 Å². The van der Waals surface area contributed by atoms with E-state index in [0.717, 1.165) is 0 Å². The molecule has 17 heavy (non-hydrogen) atoms. The van der Waals surface area contributed by atoms with E-state index in [4.69, 9.17) is 5.11 Å². The van der Waals surface area contributed by atoms with Crippen LogP contribution in [0.15, 0.2) is 0 Å². The zero-order chi connectivity index (χ0) is 13.3. The van der Waals surface area contributed by atoms with E-state index >= 15 is 0 Å². The minimum absolute atomic E-state index is 0.0396. The highest BCUT2D eigenvalue weighted by Crippen LogP contribution is 2.26. The highest BCUT2D eigenvalue weighted by Gasteiger charge is 2.34. The number of carbonyl (C=O) groups is 1. The number of carboxylic acid groups (broad SMARTS) is 1. The van der Waals surface area contributed by atoms with Crippen LogP contribution in [0.1, 0.15) is 33.6 Å². The Labute approximate surface area is 103 Å². The molecule has 0 saturated carbocycles. The minimum atomic E-state index is -3.25. The summed E-state index contributed by atoms with van der Waals surface area (Å²) in [6, 6.07) is 0. The van der Waals surface area contributed by atoms with E-state index < -0.39 is 16.0 Å². The van der Waals surface area contributed by atoms with Gasteiger partial charge in [-0.2, -0.15) is 0 Å². The van der Waals surface area contributed by atoms with Crippen LogP contribution in [0.5, 0.6) is 0 Å². The molecule has 0 aliphatic carbocycles. The maximum absolute atomic E-state index is 12.1. The fourth-order valence-corrected chi connectivity index (χ4v) is 4.20. The first kappa shape index (κ1) is 14.4. The molecule has 0 aromatic rings. The van der Waals surface area contributed by atoms with Gasteiger partial charge in [-0.05, 0) is 17.8 Å². The predicted molar refractivity (Wildman–Crippen MR) is 65.2 cm³/mol. The van der Waals surface area contributed by atoms with E-state index in [1.54, 1.807) is 0 Å². The summed E-state index contributed by atoms with van der Waals surface area (Å²) in [4.78, 5) is 10.6. The molecule has 6 heteroatoms. The van der Waals surface area contributed by atoms with Crippen molar-refractivity contribution in [3.63, 3.8) is 0 Å². The molecular formula is C11H21NO4S. The lowest BCUT2D eigenvalue weighted by atomic mass is 10.0. The van der Waals surface area contributed by atoms with Gasteiger partial charge in [0.1, 0.15) is 0 Å². The lowest BCUT2D eigenvalue weighted by molar-refractivity contribution is -0.137. The third-order valence-corrected chi connectivity index (χ3v) is 5.07. The van der Waals surface area contributed by atoms with E-state index in [1.807, 2.05) is 20.8 Å². The maximum atomic E-state index is 12.1. The van der Waals surface area contributed by atoms with Gasteiger partial charge in [-0.3, -0.25) is 4.79 Å². The molecule has 0 amide bonds. The number of nitrogens with zero attached hydrogens (tertiary/aromatic N) is 1. The maximum Gasteiger partial charge on any atom is 0.303 e. The van der Waals surface area contributed by atoms with Crippen molar-refractivity contribution < 1.29 is 18.3 Å². The summed E-state index contributed by atoms with van der Waals surface area (Å²) >= 11 is 0. The molecule has 1 heterocycles. The van der Waals surface area contributed by atoms with Crippen LogP contribution in [0.2, 0.25) is 0 Å². The molecule has 0 spiro atoms. The molecule has 0 bridgehead atoms. The Morgan fingerprint density at radius 3 is 2.47 bits per heavy atom. The predicted octanol–water partition coefficient (Wildman–Crippen LogP) is 1.16. The van der Waals surface area contributed by atoms with Crippen LogP contribution in [0.4, 0.5) is 0 Å². The van der Waals surface area contributed by atoms with E-state index in [-0.39, 0.29) is 23.5 Å². The van der Waals surface area contributed by atoms with Crippen LogP contribution in [-0.2, 0) is 14.8 Å². The lowest BCUT2D eigenvalue weighted by Gasteiger charge is -2.23. The lowest BCUT2D eigenvalue weighted by Crippen LogP contribution is -2.35. The van der Waals surface area contributed by atoms with Gasteiger partial charge >= 0.3 is 5.97 Å². The molecular weight excluding hydrogens is 242 g/mol. The zero-order valence-corrected chi connectivity index (χ0v) is 11.5. The summed E-state index contributed by atoms with van der Waals surface area (Å²) in [6.45, 7) is 6.46. The number of aliphatic carboxylic acids is 1. The van der Waals surface area contributed by atoms with Gasteiger partial charge < -0.3 is 5.11 Å². The summed E-state index contributed by atoms with van der Waals surface area (Å²) in [5, 5.41) is 8.68. The quantitative estimate of drug-likeness (QED) is 0.826. The molecule has 0 aromatic carbocycles. The molecule has 5 nitrogen and oxygen atoms in total. The summed E-state index contributed by atoms with van der Waals surface area (Å²) in [5.74, 6) is -0.785. The van der Waals surface area contributed by atoms with Crippen LogP contribution >= 0.6 is 0 Å². The standard InChI is InChI=1S/C11H21NO4S/c1-11(2,3)8-17(15,16)12-5-4-9(7-12)6-10(13)14/h9H,4-8H2,1-3H3,(H,13,14). The molecule has 1 N–H and O–H groups in total. The summed E-state index contributed by atoms with van der Waals surface area (Å²) < 4.78 is 25.6. The highest BCUT2D eigenvalue weighted by atomic mass is 32.2. The van der Waals surface area contributed by atoms with Crippen LogP contribution in [0.25, 0.3) is 0 Å². The number of carboxylic acids is 1. The van der Waals surface area contributed by atoms with Crippen molar-refractivity contribution in [3.8, 4) is 0 Å². The number of rotatable bonds is 4. The van der Waals surface area contributed by atoms with E-state index in [1.165, 1.54) is 4.31 Å². The molecule has 100 valence electrons. The second-order valence-corrected chi connectivity index (χ2v) is 7.90. The molecule has 1 unspecified atom stereocenters. The average molecular weight is 263 g/mol. The smallest absolute Gasteiger partial charge is 0.303 e. The Bertz CT molecular complexity index is 383. The van der Waals surface area contributed by atoms with Gasteiger partial charge in [0.25, 0.3) is 0 Å². The normalized spacial score (nSPS) is 22.9. The fraction of sp³-hybridized carbons (Fsp3) is 0.909. The van der Waals surface area contributed by atoms with Gasteiger partial charge in [0.05, 0.1) is 5.75 Å². The van der Waals surface area contributed by atoms with Crippen molar-refractivity contribution in [3.05, 3.63) is 0 Å². The first-order chi connectivity index (χ1) is 7.60. The van der Waals surface area contributed by atoms with Gasteiger partial charge in [-0.1, -0.05) is 20.8 Å². The van der Waals surface area contributed by atoms with Crippen LogP contribution in [-0.4, -0.2) is 42.6 Å². The SMILES string of the molecule is CC(C)(C)CS(=O)(=O)N1CCC(CC(=O)O)C1. The van der Waals surface area contributed by atoms with Crippen molar-refractivity contribution >= 4 is 16.0 Å². The Morgan fingerprint density at radius 2 is 2.00 bits per heavy atom. The summed E-state index contributed by atoms with van der Waals surface area (Å²) in [5.41, 5.74) is -0.274. The minimum Gasteiger partial charge on any atom is -0.481 e. The van der Waals surface area contributed by atoms with Crippen molar-refractivity contribution in [2.45, 2.75) is 33.6 Å². The molecule has 1 fully saturated rings. The Hall–Kier alpha value is -0.620.